The average Bonchev–Trinajstić information content (AvgIpc) is 2.21. The Bertz CT molecular complexity index is 392. The van der Waals surface area contributed by atoms with Crippen molar-refractivity contribution in [2.45, 2.75) is 38.2 Å². The highest BCUT2D eigenvalue weighted by atomic mass is 19.2. The zero-order valence-corrected chi connectivity index (χ0v) is 9.34. The Morgan fingerprint density at radius 3 is 2.81 bits per heavy atom. The summed E-state index contributed by atoms with van der Waals surface area (Å²) in [7, 11) is 0. The van der Waals surface area contributed by atoms with Gasteiger partial charge in [0.25, 0.3) is 0 Å². The van der Waals surface area contributed by atoms with Crippen LogP contribution in [0.1, 0.15) is 38.2 Å². The van der Waals surface area contributed by atoms with E-state index in [0.717, 1.165) is 18.9 Å². The molecule has 0 heterocycles. The zero-order chi connectivity index (χ0) is 11.8. The lowest BCUT2D eigenvalue weighted by Gasteiger charge is -2.36. The van der Waals surface area contributed by atoms with Crippen LogP contribution >= 0.6 is 0 Å². The maximum atomic E-state index is 13.6. The normalized spacial score (nSPS) is 30.4. The molecule has 1 aromatic carbocycles. The molecule has 1 N–H and O–H groups in total. The molecule has 16 heavy (non-hydrogen) atoms. The van der Waals surface area contributed by atoms with E-state index in [2.05, 4.69) is 0 Å². The van der Waals surface area contributed by atoms with Gasteiger partial charge in [-0.25, -0.2) is 8.78 Å². The maximum Gasteiger partial charge on any atom is 0.164 e. The summed E-state index contributed by atoms with van der Waals surface area (Å²) in [5.41, 5.74) is -1.08. The Labute approximate surface area is 94.1 Å². The van der Waals surface area contributed by atoms with Gasteiger partial charge in [0.15, 0.2) is 11.6 Å². The summed E-state index contributed by atoms with van der Waals surface area (Å²) < 4.78 is 26.7. The van der Waals surface area contributed by atoms with Crippen LogP contribution in [0.4, 0.5) is 8.78 Å². The standard InChI is InChI=1S/C13H16F2O/c1-9-4-3-7-13(16,8-9)10-5-2-6-11(14)12(10)15/h2,5-6,9,16H,3-4,7-8H2,1H3. The van der Waals surface area contributed by atoms with Crippen molar-refractivity contribution in [3.8, 4) is 0 Å². The minimum Gasteiger partial charge on any atom is -0.385 e. The summed E-state index contributed by atoms with van der Waals surface area (Å²) in [6.07, 6.45) is 2.91. The Morgan fingerprint density at radius 1 is 1.38 bits per heavy atom. The molecular weight excluding hydrogens is 210 g/mol. The van der Waals surface area contributed by atoms with Gasteiger partial charge in [-0.3, -0.25) is 0 Å². The third-order valence-corrected chi connectivity index (χ3v) is 3.43. The van der Waals surface area contributed by atoms with E-state index in [-0.39, 0.29) is 5.56 Å². The first-order valence-corrected chi connectivity index (χ1v) is 5.70. The molecule has 88 valence electrons. The minimum atomic E-state index is -1.19. The molecule has 2 unspecified atom stereocenters. The van der Waals surface area contributed by atoms with Crippen molar-refractivity contribution in [2.75, 3.05) is 0 Å². The predicted molar refractivity (Wildman–Crippen MR) is 57.9 cm³/mol. The molecule has 1 aliphatic rings. The molecule has 2 rings (SSSR count). The summed E-state index contributed by atoms with van der Waals surface area (Å²) in [5, 5.41) is 10.4. The maximum absolute atomic E-state index is 13.6. The van der Waals surface area contributed by atoms with Gasteiger partial charge < -0.3 is 5.11 Å². The average molecular weight is 226 g/mol. The van der Waals surface area contributed by atoms with Crippen molar-refractivity contribution in [1.82, 2.24) is 0 Å². The van der Waals surface area contributed by atoms with E-state index in [1.165, 1.54) is 12.1 Å². The zero-order valence-electron chi connectivity index (χ0n) is 9.34. The molecule has 0 bridgehead atoms. The summed E-state index contributed by atoms with van der Waals surface area (Å²) in [4.78, 5) is 0. The minimum absolute atomic E-state index is 0.110. The fraction of sp³-hybridized carbons (Fsp3) is 0.538. The van der Waals surface area contributed by atoms with Crippen molar-refractivity contribution >= 4 is 0 Å². The SMILES string of the molecule is CC1CCCC(O)(c2cccc(F)c2F)C1. The number of aliphatic hydroxyl groups is 1. The molecule has 1 saturated carbocycles. The number of halogens is 2. The molecule has 0 aromatic heterocycles. The summed E-state index contributed by atoms with van der Waals surface area (Å²) >= 11 is 0. The molecule has 0 aliphatic heterocycles. The third-order valence-electron chi connectivity index (χ3n) is 3.43. The first-order valence-electron chi connectivity index (χ1n) is 5.70. The Hall–Kier alpha value is -0.960. The van der Waals surface area contributed by atoms with Crippen molar-refractivity contribution in [3.05, 3.63) is 35.4 Å². The van der Waals surface area contributed by atoms with Crippen LogP contribution < -0.4 is 0 Å². The van der Waals surface area contributed by atoms with Crippen molar-refractivity contribution in [1.29, 1.82) is 0 Å². The van der Waals surface area contributed by atoms with E-state index in [4.69, 9.17) is 0 Å². The second-order valence-electron chi connectivity index (χ2n) is 4.83. The van der Waals surface area contributed by atoms with Crippen LogP contribution in [0.15, 0.2) is 18.2 Å². The molecule has 0 radical (unpaired) electrons. The van der Waals surface area contributed by atoms with E-state index in [0.29, 0.717) is 18.8 Å². The second kappa shape index (κ2) is 4.13. The number of rotatable bonds is 1. The molecule has 0 saturated heterocycles. The van der Waals surface area contributed by atoms with Gasteiger partial charge in [-0.1, -0.05) is 25.5 Å². The highest BCUT2D eigenvalue weighted by Crippen LogP contribution is 2.40. The quantitative estimate of drug-likeness (QED) is 0.778. The van der Waals surface area contributed by atoms with Gasteiger partial charge in [0.2, 0.25) is 0 Å². The van der Waals surface area contributed by atoms with Crippen LogP contribution in [0.5, 0.6) is 0 Å². The Balaban J connectivity index is 2.38. The molecule has 1 aliphatic carbocycles. The van der Waals surface area contributed by atoms with E-state index in [1.807, 2.05) is 6.92 Å². The summed E-state index contributed by atoms with van der Waals surface area (Å²) in [5.74, 6) is -1.44. The topological polar surface area (TPSA) is 20.2 Å². The molecule has 2 atom stereocenters. The highest BCUT2D eigenvalue weighted by Gasteiger charge is 2.36. The Kier molecular flexibility index (Phi) is 2.98. The van der Waals surface area contributed by atoms with Gasteiger partial charge in [-0.05, 0) is 31.2 Å². The van der Waals surface area contributed by atoms with E-state index < -0.39 is 17.2 Å². The Morgan fingerprint density at radius 2 is 2.12 bits per heavy atom. The third kappa shape index (κ3) is 1.96. The molecule has 1 fully saturated rings. The lowest BCUT2D eigenvalue weighted by atomic mass is 9.75. The first kappa shape index (κ1) is 11.5. The van der Waals surface area contributed by atoms with Crippen molar-refractivity contribution < 1.29 is 13.9 Å². The van der Waals surface area contributed by atoms with Gasteiger partial charge in [-0.15, -0.1) is 0 Å². The monoisotopic (exact) mass is 226 g/mol. The van der Waals surface area contributed by atoms with Crippen LogP contribution in [0.3, 0.4) is 0 Å². The van der Waals surface area contributed by atoms with Crippen LogP contribution in [0.2, 0.25) is 0 Å². The van der Waals surface area contributed by atoms with Gasteiger partial charge in [0, 0.05) is 5.56 Å². The number of hydrogen-bond donors (Lipinski definition) is 1. The number of benzene rings is 1. The predicted octanol–water partition coefficient (Wildman–Crippen LogP) is 3.36. The van der Waals surface area contributed by atoms with Crippen LogP contribution in [0, 0.1) is 17.6 Å². The van der Waals surface area contributed by atoms with Gasteiger partial charge >= 0.3 is 0 Å². The van der Waals surface area contributed by atoms with Gasteiger partial charge in [0.05, 0.1) is 5.60 Å². The lowest BCUT2D eigenvalue weighted by molar-refractivity contribution is -0.0212. The number of hydrogen-bond acceptors (Lipinski definition) is 1. The van der Waals surface area contributed by atoms with Crippen molar-refractivity contribution in [2.24, 2.45) is 5.92 Å². The highest BCUT2D eigenvalue weighted by molar-refractivity contribution is 5.26. The second-order valence-corrected chi connectivity index (χ2v) is 4.83. The fourth-order valence-electron chi connectivity index (χ4n) is 2.63. The molecule has 3 heteroatoms. The summed E-state index contributed by atoms with van der Waals surface area (Å²) in [6.45, 7) is 2.03. The van der Waals surface area contributed by atoms with E-state index in [9.17, 15) is 13.9 Å². The molecule has 0 spiro atoms. The summed E-state index contributed by atoms with van der Waals surface area (Å²) in [6, 6.07) is 4.01. The fourth-order valence-corrected chi connectivity index (χ4v) is 2.63. The lowest BCUT2D eigenvalue weighted by Crippen LogP contribution is -2.33. The van der Waals surface area contributed by atoms with Gasteiger partial charge in [-0.2, -0.15) is 0 Å². The molecule has 1 aromatic rings. The first-order chi connectivity index (χ1) is 7.53. The van der Waals surface area contributed by atoms with Crippen LogP contribution in [-0.4, -0.2) is 5.11 Å². The van der Waals surface area contributed by atoms with Crippen LogP contribution in [-0.2, 0) is 5.60 Å². The largest absolute Gasteiger partial charge is 0.385 e. The smallest absolute Gasteiger partial charge is 0.164 e. The van der Waals surface area contributed by atoms with E-state index in [1.54, 1.807) is 0 Å². The van der Waals surface area contributed by atoms with Crippen LogP contribution in [0.25, 0.3) is 0 Å². The van der Waals surface area contributed by atoms with Gasteiger partial charge in [0.1, 0.15) is 0 Å². The molecular formula is C13H16F2O. The van der Waals surface area contributed by atoms with E-state index >= 15 is 0 Å². The van der Waals surface area contributed by atoms with Crippen molar-refractivity contribution in [3.63, 3.8) is 0 Å². The molecule has 1 nitrogen and oxygen atoms in total. The molecule has 0 amide bonds.